The van der Waals surface area contributed by atoms with Crippen molar-refractivity contribution in [3.63, 3.8) is 0 Å². The predicted octanol–water partition coefficient (Wildman–Crippen LogP) is 7.33. The second kappa shape index (κ2) is 8.40. The maximum absolute atomic E-state index is 6.96. The second-order valence-corrected chi connectivity index (χ2v) is 15.9. The van der Waals surface area contributed by atoms with Gasteiger partial charge in [-0.2, -0.15) is 0 Å². The van der Waals surface area contributed by atoms with Gasteiger partial charge in [-0.1, -0.05) is 18.2 Å². The highest BCUT2D eigenvalue weighted by atomic mass is 16.6. The van der Waals surface area contributed by atoms with E-state index in [1.165, 1.54) is 87.8 Å². The van der Waals surface area contributed by atoms with E-state index in [9.17, 15) is 0 Å². The van der Waals surface area contributed by atoms with Crippen molar-refractivity contribution in [3.05, 3.63) is 35.4 Å². The monoisotopic (exact) mass is 540 g/mol. The Morgan fingerprint density at radius 3 is 1.60 bits per heavy atom. The molecule has 4 nitrogen and oxygen atoms in total. The number of epoxide rings is 2. The summed E-state index contributed by atoms with van der Waals surface area (Å²) in [5, 5.41) is 2.68. The summed E-state index contributed by atoms with van der Waals surface area (Å²) in [5.74, 6) is 7.66. The minimum absolute atomic E-state index is 0.244. The second-order valence-electron chi connectivity index (χ2n) is 15.9. The van der Waals surface area contributed by atoms with Crippen LogP contribution in [0.15, 0.2) is 24.3 Å². The molecule has 4 heteroatoms. The van der Waals surface area contributed by atoms with Crippen LogP contribution in [0.2, 0.25) is 0 Å². The van der Waals surface area contributed by atoms with E-state index in [-0.39, 0.29) is 17.6 Å². The fourth-order valence-electron chi connectivity index (χ4n) is 12.1. The van der Waals surface area contributed by atoms with Gasteiger partial charge in [0.15, 0.2) is 0 Å². The lowest BCUT2D eigenvalue weighted by atomic mass is 9.46. The van der Waals surface area contributed by atoms with Gasteiger partial charge in [-0.25, -0.2) is 0 Å². The molecule has 2 aromatic carbocycles. The summed E-state index contributed by atoms with van der Waals surface area (Å²) in [6, 6.07) is 9.62. The number of rotatable bonds is 8. The maximum Gasteiger partial charge on any atom is 0.134 e. The molecule has 0 radical (unpaired) electrons. The maximum atomic E-state index is 6.96. The Balaban J connectivity index is 1.20. The van der Waals surface area contributed by atoms with E-state index in [4.69, 9.17) is 18.9 Å². The SMILES string of the molecule is c1cc(OCC2CO2)c2c(OCC3CO3)c(C34CC5CC(CC(C5)C3)C4)cc(C34CC5CC(CC(C5)C3)C4)c2c1. The van der Waals surface area contributed by atoms with E-state index in [2.05, 4.69) is 24.3 Å². The van der Waals surface area contributed by atoms with Crippen LogP contribution >= 0.6 is 0 Å². The van der Waals surface area contributed by atoms with Gasteiger partial charge >= 0.3 is 0 Å². The van der Waals surface area contributed by atoms with E-state index < -0.39 is 0 Å². The number of fused-ring (bicyclic) bond motifs is 1. The minimum Gasteiger partial charge on any atom is -0.490 e. The van der Waals surface area contributed by atoms with Crippen molar-refractivity contribution in [2.75, 3.05) is 26.4 Å². The fraction of sp³-hybridized carbons (Fsp3) is 0.722. The first-order chi connectivity index (χ1) is 19.6. The van der Waals surface area contributed by atoms with Gasteiger partial charge in [-0.05, 0) is 140 Å². The summed E-state index contributed by atoms with van der Waals surface area (Å²) in [7, 11) is 0. The van der Waals surface area contributed by atoms with Gasteiger partial charge in [0.1, 0.15) is 36.9 Å². The lowest BCUT2D eigenvalue weighted by molar-refractivity contribution is -0.00872. The van der Waals surface area contributed by atoms with E-state index in [0.717, 1.165) is 60.2 Å². The van der Waals surface area contributed by atoms with Crippen molar-refractivity contribution >= 4 is 10.8 Å². The van der Waals surface area contributed by atoms with Gasteiger partial charge in [0.2, 0.25) is 0 Å². The number of hydrogen-bond acceptors (Lipinski definition) is 4. The van der Waals surface area contributed by atoms with Crippen LogP contribution in [-0.2, 0) is 20.3 Å². The highest BCUT2D eigenvalue weighted by molar-refractivity contribution is 5.98. The molecule has 2 aliphatic heterocycles. The van der Waals surface area contributed by atoms with Crippen LogP contribution in [0, 0.1) is 35.5 Å². The van der Waals surface area contributed by atoms with Gasteiger partial charge in [-0.3, -0.25) is 0 Å². The highest BCUT2D eigenvalue weighted by Gasteiger charge is 2.55. The number of hydrogen-bond donors (Lipinski definition) is 0. The third-order valence-corrected chi connectivity index (χ3v) is 12.9. The molecule has 0 amide bonds. The van der Waals surface area contributed by atoms with Crippen LogP contribution in [0.4, 0.5) is 0 Å². The molecule has 8 aliphatic carbocycles. The Hall–Kier alpha value is -1.78. The van der Waals surface area contributed by atoms with Crippen molar-refractivity contribution in [2.24, 2.45) is 35.5 Å². The van der Waals surface area contributed by atoms with Crippen molar-refractivity contribution in [2.45, 2.75) is 100 Å². The van der Waals surface area contributed by atoms with Gasteiger partial charge in [0, 0.05) is 5.56 Å². The Labute approximate surface area is 238 Å². The van der Waals surface area contributed by atoms with Crippen LogP contribution < -0.4 is 9.47 Å². The molecule has 0 N–H and O–H groups in total. The fourth-order valence-corrected chi connectivity index (χ4v) is 12.1. The highest BCUT2D eigenvalue weighted by Crippen LogP contribution is 2.66. The van der Waals surface area contributed by atoms with Crippen LogP contribution in [0.25, 0.3) is 10.8 Å². The molecular formula is C36H44O4. The summed E-state index contributed by atoms with van der Waals surface area (Å²) in [4.78, 5) is 0. The zero-order valence-electron chi connectivity index (χ0n) is 23.9. The molecule has 2 atom stereocenters. The van der Waals surface area contributed by atoms with Crippen LogP contribution in [-0.4, -0.2) is 38.6 Å². The van der Waals surface area contributed by atoms with Crippen LogP contribution in [0.3, 0.4) is 0 Å². The molecule has 2 heterocycles. The molecule has 0 spiro atoms. The first kappa shape index (κ1) is 23.7. The molecule has 2 saturated heterocycles. The van der Waals surface area contributed by atoms with Crippen molar-refractivity contribution in [1.82, 2.24) is 0 Å². The molecule has 8 bridgehead atoms. The minimum atomic E-state index is 0.244. The molecular weight excluding hydrogens is 496 g/mol. The van der Waals surface area contributed by atoms with Crippen molar-refractivity contribution < 1.29 is 18.9 Å². The zero-order valence-corrected chi connectivity index (χ0v) is 23.9. The zero-order chi connectivity index (χ0) is 26.1. The Morgan fingerprint density at radius 2 is 1.10 bits per heavy atom. The third-order valence-electron chi connectivity index (χ3n) is 12.9. The van der Waals surface area contributed by atoms with E-state index in [1.807, 2.05) is 0 Å². The summed E-state index contributed by atoms with van der Waals surface area (Å²) in [6.45, 7) is 2.95. The average molecular weight is 541 g/mol. The van der Waals surface area contributed by atoms with Crippen LogP contribution in [0.5, 0.6) is 11.5 Å². The number of ether oxygens (including phenoxy) is 4. The van der Waals surface area contributed by atoms with Crippen molar-refractivity contribution in [3.8, 4) is 11.5 Å². The molecule has 0 aromatic heterocycles. The van der Waals surface area contributed by atoms with E-state index in [1.54, 1.807) is 11.1 Å². The van der Waals surface area contributed by atoms with Gasteiger partial charge in [0.25, 0.3) is 0 Å². The molecule has 10 aliphatic rings. The summed E-state index contributed by atoms with van der Waals surface area (Å²) in [6.07, 6.45) is 17.6. The molecule has 2 aromatic rings. The Morgan fingerprint density at radius 1 is 0.625 bits per heavy atom. The normalized spacial score (nSPS) is 45.3. The standard InChI is InChI=1S/C36H44O4/c1-2-29-30(35-11-21-4-22(12-35)6-23(5-21)13-35)10-31(36-14-24-7-25(15-36)9-26(8-24)16-36)34(40-20-28-18-38-28)33(29)32(3-1)39-19-27-17-37-27/h1-3,10,21-28H,4-9,11-20H2. The lowest BCUT2D eigenvalue weighted by Gasteiger charge is -2.59. The number of benzene rings is 2. The van der Waals surface area contributed by atoms with E-state index in [0.29, 0.717) is 18.6 Å². The summed E-state index contributed by atoms with van der Waals surface area (Å²) >= 11 is 0. The molecule has 212 valence electrons. The predicted molar refractivity (Wildman–Crippen MR) is 154 cm³/mol. The third kappa shape index (κ3) is 3.70. The largest absolute Gasteiger partial charge is 0.490 e. The molecule has 2 unspecified atom stereocenters. The van der Waals surface area contributed by atoms with Gasteiger partial charge < -0.3 is 18.9 Å². The Bertz CT molecular complexity index is 1280. The average Bonchev–Trinajstić information content (AvgIpc) is 3.84. The van der Waals surface area contributed by atoms with Gasteiger partial charge in [-0.15, -0.1) is 0 Å². The van der Waals surface area contributed by atoms with E-state index >= 15 is 0 Å². The lowest BCUT2D eigenvalue weighted by Crippen LogP contribution is -2.50. The first-order valence-corrected chi connectivity index (χ1v) is 16.7. The Kier molecular flexibility index (Phi) is 4.99. The summed E-state index contributed by atoms with van der Waals surface area (Å²) in [5.41, 5.74) is 3.83. The smallest absolute Gasteiger partial charge is 0.134 e. The quantitative estimate of drug-likeness (QED) is 0.329. The van der Waals surface area contributed by atoms with Crippen LogP contribution in [0.1, 0.15) is 88.2 Å². The topological polar surface area (TPSA) is 43.5 Å². The molecule has 12 rings (SSSR count). The van der Waals surface area contributed by atoms with Gasteiger partial charge in [0.05, 0.1) is 18.6 Å². The van der Waals surface area contributed by atoms with Crippen molar-refractivity contribution in [1.29, 1.82) is 0 Å². The molecule has 10 fully saturated rings. The summed E-state index contributed by atoms with van der Waals surface area (Å²) < 4.78 is 24.8. The molecule has 40 heavy (non-hydrogen) atoms. The first-order valence-electron chi connectivity index (χ1n) is 16.7. The molecule has 8 saturated carbocycles.